The molecule has 0 unspecified atom stereocenters. The van der Waals surface area contributed by atoms with E-state index in [1.807, 2.05) is 4.90 Å². The largest absolute Gasteiger partial charge is 0.349 e. The average molecular weight is 239 g/mol. The molecular weight excluding hydrogens is 222 g/mol. The number of hydrogen-bond donors (Lipinski definition) is 1. The summed E-state index contributed by atoms with van der Waals surface area (Å²) in [6, 6.07) is 0. The van der Waals surface area contributed by atoms with Crippen LogP contribution in [0.1, 0.15) is 6.42 Å². The highest BCUT2D eigenvalue weighted by Gasteiger charge is 2.17. The molecule has 1 aromatic heterocycles. The molecule has 17 heavy (non-hydrogen) atoms. The van der Waals surface area contributed by atoms with E-state index in [0.29, 0.717) is 5.82 Å². The minimum atomic E-state index is -0.397. The van der Waals surface area contributed by atoms with Gasteiger partial charge in [0, 0.05) is 33.7 Å². The molecule has 1 aliphatic rings. The van der Waals surface area contributed by atoms with Gasteiger partial charge in [0.15, 0.2) is 0 Å². The summed E-state index contributed by atoms with van der Waals surface area (Å²) < 4.78 is 2.30. The van der Waals surface area contributed by atoms with Crippen LogP contribution in [0.25, 0.3) is 0 Å². The van der Waals surface area contributed by atoms with Crippen LogP contribution in [0, 0.1) is 0 Å². The number of nitrogens with zero attached hydrogens (tertiary/aromatic N) is 4. The van der Waals surface area contributed by atoms with Crippen molar-refractivity contribution < 1.29 is 0 Å². The molecule has 1 fully saturated rings. The van der Waals surface area contributed by atoms with Gasteiger partial charge in [-0.05, 0) is 13.0 Å². The fourth-order valence-electron chi connectivity index (χ4n) is 1.94. The maximum Gasteiger partial charge on any atom is 0.346 e. The SMILES string of the molecule is Cn1nc(N2CCCNCC2)c(=O)n(C)c1=O. The van der Waals surface area contributed by atoms with Gasteiger partial charge in [0.1, 0.15) is 0 Å². The minimum absolute atomic E-state index is 0.324. The summed E-state index contributed by atoms with van der Waals surface area (Å²) in [6.45, 7) is 3.30. The zero-order chi connectivity index (χ0) is 12.4. The molecule has 7 heteroatoms. The molecule has 0 aromatic carbocycles. The monoisotopic (exact) mass is 239 g/mol. The van der Waals surface area contributed by atoms with Crippen molar-refractivity contribution in [2.45, 2.75) is 6.42 Å². The Kier molecular flexibility index (Phi) is 3.28. The zero-order valence-electron chi connectivity index (χ0n) is 10.1. The van der Waals surface area contributed by atoms with E-state index in [2.05, 4.69) is 10.4 Å². The molecule has 0 amide bonds. The summed E-state index contributed by atoms with van der Waals surface area (Å²) in [5.41, 5.74) is -0.721. The van der Waals surface area contributed by atoms with E-state index in [9.17, 15) is 9.59 Å². The number of anilines is 1. The third-order valence-corrected chi connectivity index (χ3v) is 2.94. The van der Waals surface area contributed by atoms with Crippen LogP contribution in [0.2, 0.25) is 0 Å². The minimum Gasteiger partial charge on any atom is -0.349 e. The smallest absolute Gasteiger partial charge is 0.346 e. The van der Waals surface area contributed by atoms with Crippen LogP contribution < -0.4 is 21.5 Å². The summed E-state index contributed by atoms with van der Waals surface area (Å²) >= 11 is 0. The van der Waals surface area contributed by atoms with Crippen LogP contribution >= 0.6 is 0 Å². The van der Waals surface area contributed by atoms with E-state index >= 15 is 0 Å². The van der Waals surface area contributed by atoms with E-state index in [-0.39, 0.29) is 5.56 Å². The van der Waals surface area contributed by atoms with Crippen LogP contribution in [0.4, 0.5) is 5.82 Å². The van der Waals surface area contributed by atoms with Crippen molar-refractivity contribution in [3.8, 4) is 0 Å². The highest BCUT2D eigenvalue weighted by molar-refractivity contribution is 5.34. The van der Waals surface area contributed by atoms with Gasteiger partial charge in [-0.15, -0.1) is 5.10 Å². The molecule has 1 aliphatic heterocycles. The van der Waals surface area contributed by atoms with E-state index in [4.69, 9.17) is 0 Å². The van der Waals surface area contributed by atoms with Crippen LogP contribution in [0.5, 0.6) is 0 Å². The van der Waals surface area contributed by atoms with Crippen molar-refractivity contribution in [1.82, 2.24) is 19.7 Å². The molecule has 1 saturated heterocycles. The van der Waals surface area contributed by atoms with Gasteiger partial charge in [0.25, 0.3) is 5.56 Å². The van der Waals surface area contributed by atoms with Gasteiger partial charge in [-0.1, -0.05) is 0 Å². The molecule has 0 aliphatic carbocycles. The van der Waals surface area contributed by atoms with Gasteiger partial charge in [-0.25, -0.2) is 9.48 Å². The van der Waals surface area contributed by atoms with Crippen molar-refractivity contribution in [3.05, 3.63) is 20.8 Å². The van der Waals surface area contributed by atoms with Crippen LogP contribution in [-0.4, -0.2) is 40.5 Å². The Hall–Kier alpha value is -1.63. The zero-order valence-corrected chi connectivity index (χ0v) is 10.1. The first kappa shape index (κ1) is 11.8. The van der Waals surface area contributed by atoms with E-state index in [1.165, 1.54) is 11.7 Å². The molecule has 0 radical (unpaired) electrons. The molecule has 2 heterocycles. The molecular formula is C10H17N5O2. The van der Waals surface area contributed by atoms with Crippen molar-refractivity contribution in [1.29, 1.82) is 0 Å². The van der Waals surface area contributed by atoms with Crippen molar-refractivity contribution in [2.24, 2.45) is 14.1 Å². The first-order valence-corrected chi connectivity index (χ1v) is 5.71. The Labute approximate surface area is 98.7 Å². The fraction of sp³-hybridized carbons (Fsp3) is 0.700. The molecule has 1 aromatic rings. The summed E-state index contributed by atoms with van der Waals surface area (Å²) in [4.78, 5) is 25.4. The first-order valence-electron chi connectivity index (χ1n) is 5.71. The van der Waals surface area contributed by atoms with E-state index in [0.717, 1.165) is 37.2 Å². The summed E-state index contributed by atoms with van der Waals surface area (Å²) in [7, 11) is 3.03. The quantitative estimate of drug-likeness (QED) is 0.631. The van der Waals surface area contributed by atoms with Crippen LogP contribution in [-0.2, 0) is 14.1 Å². The highest BCUT2D eigenvalue weighted by atomic mass is 16.2. The third kappa shape index (κ3) is 2.23. The Bertz CT molecular complexity index is 510. The lowest BCUT2D eigenvalue weighted by molar-refractivity contribution is 0.589. The summed E-state index contributed by atoms with van der Waals surface area (Å²) in [5.74, 6) is 0.360. The molecule has 0 bridgehead atoms. The van der Waals surface area contributed by atoms with Gasteiger partial charge in [0.2, 0.25) is 5.82 Å². The predicted molar refractivity (Wildman–Crippen MR) is 64.4 cm³/mol. The highest BCUT2D eigenvalue weighted by Crippen LogP contribution is 2.04. The van der Waals surface area contributed by atoms with Gasteiger partial charge in [-0.2, -0.15) is 0 Å². The molecule has 7 nitrogen and oxygen atoms in total. The standard InChI is InChI=1S/C10H17N5O2/c1-13-9(16)8(12-14(2)10(13)17)15-6-3-4-11-5-7-15/h11H,3-7H2,1-2H3. The topological polar surface area (TPSA) is 72.2 Å². The Morgan fingerprint density at radius 3 is 2.71 bits per heavy atom. The van der Waals surface area contributed by atoms with Crippen molar-refractivity contribution in [2.75, 3.05) is 31.1 Å². The van der Waals surface area contributed by atoms with Crippen molar-refractivity contribution >= 4 is 5.82 Å². The fourth-order valence-corrected chi connectivity index (χ4v) is 1.94. The molecule has 1 N–H and O–H groups in total. The molecule has 2 rings (SSSR count). The second-order valence-corrected chi connectivity index (χ2v) is 4.18. The Balaban J connectivity index is 2.44. The van der Waals surface area contributed by atoms with Crippen LogP contribution in [0.15, 0.2) is 9.59 Å². The van der Waals surface area contributed by atoms with Gasteiger partial charge in [0.05, 0.1) is 0 Å². The number of aryl methyl sites for hydroxylation is 1. The second kappa shape index (κ2) is 4.70. The van der Waals surface area contributed by atoms with Gasteiger partial charge >= 0.3 is 5.69 Å². The lowest BCUT2D eigenvalue weighted by Gasteiger charge is -2.20. The van der Waals surface area contributed by atoms with E-state index in [1.54, 1.807) is 7.05 Å². The second-order valence-electron chi connectivity index (χ2n) is 4.18. The van der Waals surface area contributed by atoms with Crippen LogP contribution in [0.3, 0.4) is 0 Å². The first-order chi connectivity index (χ1) is 8.11. The molecule has 0 atom stereocenters. The van der Waals surface area contributed by atoms with Crippen molar-refractivity contribution in [3.63, 3.8) is 0 Å². The maximum atomic E-state index is 12.0. The van der Waals surface area contributed by atoms with Gasteiger partial charge < -0.3 is 10.2 Å². The number of rotatable bonds is 1. The third-order valence-electron chi connectivity index (χ3n) is 2.94. The molecule has 94 valence electrons. The lowest BCUT2D eigenvalue weighted by atomic mass is 10.4. The average Bonchev–Trinajstić information content (AvgIpc) is 2.60. The summed E-state index contributed by atoms with van der Waals surface area (Å²) in [6.07, 6.45) is 0.966. The normalized spacial score (nSPS) is 16.9. The lowest BCUT2D eigenvalue weighted by Crippen LogP contribution is -2.43. The number of hydrogen-bond acceptors (Lipinski definition) is 5. The maximum absolute atomic E-state index is 12.0. The van der Waals surface area contributed by atoms with E-state index < -0.39 is 5.69 Å². The summed E-state index contributed by atoms with van der Waals surface area (Å²) in [5, 5.41) is 7.33. The van der Waals surface area contributed by atoms with Gasteiger partial charge in [-0.3, -0.25) is 9.36 Å². The Morgan fingerprint density at radius 1 is 1.18 bits per heavy atom. The number of nitrogens with one attached hydrogen (secondary N) is 1. The number of aromatic nitrogens is 3. The Morgan fingerprint density at radius 2 is 1.94 bits per heavy atom. The molecule has 0 saturated carbocycles. The predicted octanol–water partition coefficient (Wildman–Crippen LogP) is -1.72. The molecule has 0 spiro atoms.